The molecule has 17 heavy (non-hydrogen) atoms. The first-order valence-electron chi connectivity index (χ1n) is 4.53. The van der Waals surface area contributed by atoms with Gasteiger partial charge in [0, 0.05) is 11.1 Å². The minimum atomic E-state index is -0.450. The Morgan fingerprint density at radius 2 is 1.88 bits per heavy atom. The molecular formula is C11H5BrCl3FS. The van der Waals surface area contributed by atoms with Crippen LogP contribution in [0.3, 0.4) is 0 Å². The van der Waals surface area contributed by atoms with Gasteiger partial charge in [-0.25, -0.2) is 4.39 Å². The Morgan fingerprint density at radius 1 is 1.18 bits per heavy atom. The second-order valence-corrected chi connectivity index (χ2v) is 6.89. The van der Waals surface area contributed by atoms with Crippen LogP contribution in [0.15, 0.2) is 24.3 Å². The highest BCUT2D eigenvalue weighted by Gasteiger charge is 2.20. The van der Waals surface area contributed by atoms with Gasteiger partial charge < -0.3 is 0 Å². The molecule has 0 N–H and O–H groups in total. The molecule has 2 aromatic rings. The second kappa shape index (κ2) is 5.45. The van der Waals surface area contributed by atoms with Gasteiger partial charge in [0.15, 0.2) is 0 Å². The van der Waals surface area contributed by atoms with Crippen LogP contribution in [0, 0.1) is 5.82 Å². The molecule has 0 saturated carbocycles. The van der Waals surface area contributed by atoms with E-state index in [1.807, 2.05) is 0 Å². The molecule has 1 heterocycles. The van der Waals surface area contributed by atoms with E-state index < -0.39 is 5.82 Å². The van der Waals surface area contributed by atoms with Crippen LogP contribution in [0.25, 0.3) is 0 Å². The van der Waals surface area contributed by atoms with Crippen LogP contribution in [-0.2, 0) is 0 Å². The molecule has 0 spiro atoms. The standard InChI is InChI=1S/C11H5BrCl3FS/c12-9(6-4-8(14)17-11(6)15)5-2-1-3-7(13)10(5)16/h1-4,9H. The van der Waals surface area contributed by atoms with Gasteiger partial charge in [0.05, 0.1) is 18.5 Å². The molecule has 0 aliphatic heterocycles. The molecular weight excluding hydrogens is 369 g/mol. The highest BCUT2D eigenvalue weighted by atomic mass is 79.9. The summed E-state index contributed by atoms with van der Waals surface area (Å²) in [7, 11) is 0. The molecule has 6 heteroatoms. The molecule has 0 radical (unpaired) electrons. The smallest absolute Gasteiger partial charge is 0.146 e. The van der Waals surface area contributed by atoms with Crippen molar-refractivity contribution in [3.05, 3.63) is 54.9 Å². The molecule has 0 fully saturated rings. The summed E-state index contributed by atoms with van der Waals surface area (Å²) in [4.78, 5) is -0.363. The lowest BCUT2D eigenvalue weighted by Crippen LogP contribution is -1.96. The molecule has 1 atom stereocenters. The molecule has 0 aliphatic rings. The van der Waals surface area contributed by atoms with Crippen LogP contribution in [-0.4, -0.2) is 0 Å². The van der Waals surface area contributed by atoms with Crippen molar-refractivity contribution < 1.29 is 4.39 Å². The van der Waals surface area contributed by atoms with Gasteiger partial charge in [-0.1, -0.05) is 62.9 Å². The lowest BCUT2D eigenvalue weighted by molar-refractivity contribution is 0.614. The molecule has 1 unspecified atom stereocenters. The van der Waals surface area contributed by atoms with Crippen LogP contribution in [0.5, 0.6) is 0 Å². The first-order chi connectivity index (χ1) is 8.00. The third kappa shape index (κ3) is 2.79. The summed E-state index contributed by atoms with van der Waals surface area (Å²) in [5, 5.41) is 0.0874. The molecule has 0 saturated heterocycles. The molecule has 0 bridgehead atoms. The van der Waals surface area contributed by atoms with Crippen molar-refractivity contribution in [3.8, 4) is 0 Å². The van der Waals surface area contributed by atoms with Crippen LogP contribution in [0.4, 0.5) is 4.39 Å². The molecule has 0 nitrogen and oxygen atoms in total. The summed E-state index contributed by atoms with van der Waals surface area (Å²) in [5.41, 5.74) is 1.18. The van der Waals surface area contributed by atoms with Crippen molar-refractivity contribution in [2.75, 3.05) is 0 Å². The van der Waals surface area contributed by atoms with Gasteiger partial charge in [-0.05, 0) is 12.1 Å². The fourth-order valence-corrected chi connectivity index (χ4v) is 4.12. The SMILES string of the molecule is Fc1c(Cl)cccc1C(Br)c1cc(Cl)sc1Cl. The number of hydrogen-bond donors (Lipinski definition) is 0. The number of alkyl halides is 1. The molecule has 0 amide bonds. The Kier molecular flexibility index (Phi) is 4.37. The first-order valence-corrected chi connectivity index (χ1v) is 7.40. The Morgan fingerprint density at radius 3 is 2.47 bits per heavy atom. The third-order valence-corrected chi connectivity index (χ3v) is 5.01. The molecule has 90 valence electrons. The van der Waals surface area contributed by atoms with E-state index in [-0.39, 0.29) is 9.85 Å². The second-order valence-electron chi connectivity index (χ2n) is 3.29. The van der Waals surface area contributed by atoms with Crippen molar-refractivity contribution in [2.24, 2.45) is 0 Å². The maximum absolute atomic E-state index is 13.8. The monoisotopic (exact) mass is 372 g/mol. The van der Waals surface area contributed by atoms with Gasteiger partial charge in [0.2, 0.25) is 0 Å². The summed E-state index contributed by atoms with van der Waals surface area (Å²) >= 11 is 22.3. The van der Waals surface area contributed by atoms with E-state index in [4.69, 9.17) is 34.8 Å². The number of hydrogen-bond acceptors (Lipinski definition) is 1. The lowest BCUT2D eigenvalue weighted by atomic mass is 10.1. The Hall–Kier alpha value is 0.200. The largest absolute Gasteiger partial charge is 0.205 e. The lowest BCUT2D eigenvalue weighted by Gasteiger charge is -2.11. The van der Waals surface area contributed by atoms with E-state index in [2.05, 4.69) is 15.9 Å². The summed E-state index contributed by atoms with van der Waals surface area (Å²) in [6.45, 7) is 0. The van der Waals surface area contributed by atoms with E-state index in [9.17, 15) is 4.39 Å². The van der Waals surface area contributed by atoms with Crippen molar-refractivity contribution in [1.29, 1.82) is 0 Å². The van der Waals surface area contributed by atoms with Gasteiger partial charge in [-0.2, -0.15) is 0 Å². The van der Waals surface area contributed by atoms with Crippen molar-refractivity contribution in [2.45, 2.75) is 4.83 Å². The molecule has 1 aromatic carbocycles. The predicted octanol–water partition coefficient (Wildman–Crippen LogP) is 6.33. The highest BCUT2D eigenvalue weighted by Crippen LogP contribution is 2.42. The first kappa shape index (κ1) is 13.6. The zero-order chi connectivity index (χ0) is 12.6. The summed E-state index contributed by atoms with van der Waals surface area (Å²) in [6.07, 6.45) is 0. The zero-order valence-electron chi connectivity index (χ0n) is 8.18. The van der Waals surface area contributed by atoms with E-state index >= 15 is 0 Å². The topological polar surface area (TPSA) is 0 Å². The maximum atomic E-state index is 13.8. The van der Waals surface area contributed by atoms with E-state index in [0.29, 0.717) is 14.2 Å². The third-order valence-electron chi connectivity index (χ3n) is 2.21. The van der Waals surface area contributed by atoms with E-state index in [1.165, 1.54) is 17.4 Å². The summed E-state index contributed by atoms with van der Waals surface area (Å²) in [6, 6.07) is 6.57. The number of rotatable bonds is 2. The molecule has 2 rings (SSSR count). The van der Waals surface area contributed by atoms with E-state index in [0.717, 1.165) is 5.56 Å². The zero-order valence-corrected chi connectivity index (χ0v) is 12.9. The molecule has 1 aromatic heterocycles. The van der Waals surface area contributed by atoms with Crippen LogP contribution >= 0.6 is 62.1 Å². The average Bonchev–Trinajstić information content (AvgIpc) is 2.61. The number of thiophene rings is 1. The van der Waals surface area contributed by atoms with Gasteiger partial charge in [0.25, 0.3) is 0 Å². The Labute approximate surface area is 125 Å². The quantitative estimate of drug-likeness (QED) is 0.539. The normalized spacial score (nSPS) is 12.8. The van der Waals surface area contributed by atoms with E-state index in [1.54, 1.807) is 18.2 Å². The fraction of sp³-hybridized carbons (Fsp3) is 0.0909. The number of halogens is 5. The van der Waals surface area contributed by atoms with Gasteiger partial charge in [-0.15, -0.1) is 11.3 Å². The fourth-order valence-electron chi connectivity index (χ4n) is 1.41. The van der Waals surface area contributed by atoms with Crippen molar-refractivity contribution >= 4 is 62.1 Å². The van der Waals surface area contributed by atoms with Crippen LogP contribution in [0.2, 0.25) is 13.7 Å². The van der Waals surface area contributed by atoms with Gasteiger partial charge in [-0.3, -0.25) is 0 Å². The maximum Gasteiger partial charge on any atom is 0.146 e. The minimum Gasteiger partial charge on any atom is -0.205 e. The predicted molar refractivity (Wildman–Crippen MR) is 76.5 cm³/mol. The average molecular weight is 374 g/mol. The van der Waals surface area contributed by atoms with Gasteiger partial charge >= 0.3 is 0 Å². The van der Waals surface area contributed by atoms with Crippen molar-refractivity contribution in [1.82, 2.24) is 0 Å². The molecule has 0 aliphatic carbocycles. The Balaban J connectivity index is 2.47. The summed E-state index contributed by atoms with van der Waals surface area (Å²) in [5.74, 6) is -0.450. The number of benzene rings is 1. The Bertz CT molecular complexity index is 556. The minimum absolute atomic E-state index is 0.0874. The van der Waals surface area contributed by atoms with Gasteiger partial charge in [0.1, 0.15) is 5.82 Å². The van der Waals surface area contributed by atoms with Crippen LogP contribution < -0.4 is 0 Å². The summed E-state index contributed by atoms with van der Waals surface area (Å²) < 4.78 is 14.9. The van der Waals surface area contributed by atoms with Crippen molar-refractivity contribution in [3.63, 3.8) is 0 Å². The highest BCUT2D eigenvalue weighted by molar-refractivity contribution is 9.09. The van der Waals surface area contributed by atoms with Crippen LogP contribution in [0.1, 0.15) is 16.0 Å².